The molecule has 4 nitrogen and oxygen atoms in total. The molecule has 0 aliphatic heterocycles. The lowest BCUT2D eigenvalue weighted by molar-refractivity contribution is -0.127. The fraction of sp³-hybridized carbons (Fsp3) is 0.278. The lowest BCUT2D eigenvalue weighted by Crippen LogP contribution is -2.38. The Morgan fingerprint density at radius 1 is 1.22 bits per heavy atom. The normalized spacial score (nSPS) is 11.6. The minimum absolute atomic E-state index is 0.186. The molecule has 0 spiro atoms. The van der Waals surface area contributed by atoms with E-state index in [9.17, 15) is 4.79 Å². The van der Waals surface area contributed by atoms with E-state index in [1.807, 2.05) is 43.3 Å². The Bertz CT molecular complexity index is 660. The van der Waals surface area contributed by atoms with E-state index in [-0.39, 0.29) is 5.91 Å². The van der Waals surface area contributed by atoms with Crippen molar-refractivity contribution in [3.05, 3.63) is 59.1 Å². The first-order valence-corrected chi connectivity index (χ1v) is 7.82. The predicted molar refractivity (Wildman–Crippen MR) is 91.2 cm³/mol. The maximum absolute atomic E-state index is 12.0. The molecule has 1 N–H and O–H groups in total. The molecule has 0 aliphatic carbocycles. The van der Waals surface area contributed by atoms with Crippen molar-refractivity contribution in [3.63, 3.8) is 0 Å². The highest BCUT2D eigenvalue weighted by Gasteiger charge is 2.14. The number of benzene rings is 2. The van der Waals surface area contributed by atoms with Crippen LogP contribution in [0.4, 0.5) is 0 Å². The Kier molecular flexibility index (Phi) is 6.29. The molecule has 0 bridgehead atoms. The van der Waals surface area contributed by atoms with Gasteiger partial charge in [0, 0.05) is 0 Å². The van der Waals surface area contributed by atoms with E-state index >= 15 is 0 Å². The molecule has 0 saturated carbocycles. The van der Waals surface area contributed by atoms with Crippen molar-refractivity contribution < 1.29 is 14.3 Å². The quantitative estimate of drug-likeness (QED) is 0.787. The van der Waals surface area contributed by atoms with Crippen molar-refractivity contribution in [2.75, 3.05) is 13.2 Å². The third-order valence-corrected chi connectivity index (χ3v) is 3.48. The second-order valence-electron chi connectivity index (χ2n) is 5.15. The third-order valence-electron chi connectivity index (χ3n) is 3.17. The van der Waals surface area contributed by atoms with Gasteiger partial charge in [-0.05, 0) is 43.7 Å². The number of amides is 1. The van der Waals surface area contributed by atoms with E-state index in [0.29, 0.717) is 29.7 Å². The van der Waals surface area contributed by atoms with E-state index in [1.54, 1.807) is 19.1 Å². The van der Waals surface area contributed by atoms with Crippen LogP contribution in [0.3, 0.4) is 0 Å². The molecule has 1 amide bonds. The van der Waals surface area contributed by atoms with Gasteiger partial charge >= 0.3 is 0 Å². The number of para-hydroxylation sites is 1. The van der Waals surface area contributed by atoms with Gasteiger partial charge in [0.1, 0.15) is 18.1 Å². The standard InChI is InChI=1S/C18H20ClNO3/c1-13-6-5-7-15(12-13)23-14(2)18(21)20-10-11-22-17-9-4-3-8-16(17)19/h3-9,12,14H,10-11H2,1-2H3,(H,20,21)/t14-/m0/s1. The molecule has 122 valence electrons. The van der Waals surface area contributed by atoms with Gasteiger partial charge in [-0.3, -0.25) is 4.79 Å². The van der Waals surface area contributed by atoms with Crippen molar-refractivity contribution in [1.82, 2.24) is 5.32 Å². The van der Waals surface area contributed by atoms with Crippen LogP contribution >= 0.6 is 11.6 Å². The SMILES string of the molecule is Cc1cccc(O[C@@H](C)C(=O)NCCOc2ccccc2Cl)c1. The topological polar surface area (TPSA) is 47.6 Å². The molecular weight excluding hydrogens is 314 g/mol. The molecule has 5 heteroatoms. The van der Waals surface area contributed by atoms with Gasteiger partial charge in [-0.25, -0.2) is 0 Å². The highest BCUT2D eigenvalue weighted by molar-refractivity contribution is 6.32. The van der Waals surface area contributed by atoms with E-state index in [4.69, 9.17) is 21.1 Å². The largest absolute Gasteiger partial charge is 0.490 e. The lowest BCUT2D eigenvalue weighted by Gasteiger charge is -2.15. The monoisotopic (exact) mass is 333 g/mol. The van der Waals surface area contributed by atoms with Crippen molar-refractivity contribution >= 4 is 17.5 Å². The molecule has 0 unspecified atom stereocenters. The Labute approximate surface area is 141 Å². The number of hydrogen-bond acceptors (Lipinski definition) is 3. The number of ether oxygens (including phenoxy) is 2. The molecule has 0 aromatic heterocycles. The van der Waals surface area contributed by atoms with Gasteiger partial charge in [0.15, 0.2) is 6.10 Å². The second-order valence-corrected chi connectivity index (χ2v) is 5.55. The van der Waals surface area contributed by atoms with Gasteiger partial charge < -0.3 is 14.8 Å². The molecule has 2 aromatic carbocycles. The van der Waals surface area contributed by atoms with Gasteiger partial charge in [-0.2, -0.15) is 0 Å². The number of carbonyl (C=O) groups is 1. The van der Waals surface area contributed by atoms with Crippen LogP contribution in [0.1, 0.15) is 12.5 Å². The second kappa shape index (κ2) is 8.44. The van der Waals surface area contributed by atoms with Crippen LogP contribution in [-0.4, -0.2) is 25.2 Å². The fourth-order valence-electron chi connectivity index (χ4n) is 1.99. The van der Waals surface area contributed by atoms with Crippen LogP contribution in [0.2, 0.25) is 5.02 Å². The minimum atomic E-state index is -0.572. The van der Waals surface area contributed by atoms with Crippen LogP contribution in [0.5, 0.6) is 11.5 Å². The van der Waals surface area contributed by atoms with Crippen molar-refractivity contribution in [1.29, 1.82) is 0 Å². The van der Waals surface area contributed by atoms with E-state index in [1.165, 1.54) is 0 Å². The van der Waals surface area contributed by atoms with Gasteiger partial charge in [0.2, 0.25) is 0 Å². The minimum Gasteiger partial charge on any atom is -0.490 e. The van der Waals surface area contributed by atoms with Gasteiger partial charge in [-0.1, -0.05) is 35.9 Å². The Hall–Kier alpha value is -2.20. The molecule has 0 radical (unpaired) electrons. The zero-order chi connectivity index (χ0) is 16.7. The number of halogens is 1. The first-order valence-electron chi connectivity index (χ1n) is 7.44. The Morgan fingerprint density at radius 3 is 2.74 bits per heavy atom. The summed E-state index contributed by atoms with van der Waals surface area (Å²) in [6.45, 7) is 4.41. The first-order chi connectivity index (χ1) is 11.1. The van der Waals surface area contributed by atoms with Crippen LogP contribution in [0, 0.1) is 6.92 Å². The molecule has 0 heterocycles. The average Bonchev–Trinajstić information content (AvgIpc) is 2.53. The van der Waals surface area contributed by atoms with Gasteiger partial charge in [-0.15, -0.1) is 0 Å². The van der Waals surface area contributed by atoms with Crippen LogP contribution < -0.4 is 14.8 Å². The summed E-state index contributed by atoms with van der Waals surface area (Å²) >= 11 is 5.99. The number of hydrogen-bond donors (Lipinski definition) is 1. The summed E-state index contributed by atoms with van der Waals surface area (Å²) in [5.41, 5.74) is 1.09. The number of nitrogens with one attached hydrogen (secondary N) is 1. The van der Waals surface area contributed by atoms with Crippen LogP contribution in [0.15, 0.2) is 48.5 Å². The highest BCUT2D eigenvalue weighted by Crippen LogP contribution is 2.22. The highest BCUT2D eigenvalue weighted by atomic mass is 35.5. The lowest BCUT2D eigenvalue weighted by atomic mass is 10.2. The maximum Gasteiger partial charge on any atom is 0.260 e. The Balaban J connectivity index is 1.73. The molecular formula is C18H20ClNO3. The summed E-state index contributed by atoms with van der Waals surface area (Å²) in [5, 5.41) is 3.33. The summed E-state index contributed by atoms with van der Waals surface area (Å²) < 4.78 is 11.1. The van der Waals surface area contributed by atoms with E-state index < -0.39 is 6.10 Å². The molecule has 0 fully saturated rings. The van der Waals surface area contributed by atoms with Crippen molar-refractivity contribution in [2.24, 2.45) is 0 Å². The molecule has 2 rings (SSSR count). The Morgan fingerprint density at radius 2 is 2.00 bits per heavy atom. The predicted octanol–water partition coefficient (Wildman–Crippen LogP) is 3.61. The summed E-state index contributed by atoms with van der Waals surface area (Å²) in [4.78, 5) is 12.0. The number of aryl methyl sites for hydroxylation is 1. The van der Waals surface area contributed by atoms with Crippen molar-refractivity contribution in [3.8, 4) is 11.5 Å². The summed E-state index contributed by atoms with van der Waals surface area (Å²) in [5.74, 6) is 1.10. The fourth-order valence-corrected chi connectivity index (χ4v) is 2.18. The van der Waals surface area contributed by atoms with Gasteiger partial charge in [0.25, 0.3) is 5.91 Å². The zero-order valence-electron chi connectivity index (χ0n) is 13.2. The number of rotatable bonds is 7. The summed E-state index contributed by atoms with van der Waals surface area (Å²) in [7, 11) is 0. The third kappa shape index (κ3) is 5.49. The van der Waals surface area contributed by atoms with Crippen LogP contribution in [-0.2, 0) is 4.79 Å². The molecule has 23 heavy (non-hydrogen) atoms. The average molecular weight is 334 g/mol. The molecule has 2 aromatic rings. The first kappa shape index (κ1) is 17.2. The van der Waals surface area contributed by atoms with E-state index in [2.05, 4.69) is 5.32 Å². The van der Waals surface area contributed by atoms with Gasteiger partial charge in [0.05, 0.1) is 11.6 Å². The summed E-state index contributed by atoms with van der Waals surface area (Å²) in [6.07, 6.45) is -0.572. The van der Waals surface area contributed by atoms with Crippen molar-refractivity contribution in [2.45, 2.75) is 20.0 Å². The molecule has 0 saturated heterocycles. The maximum atomic E-state index is 12.0. The van der Waals surface area contributed by atoms with Crippen LogP contribution in [0.25, 0.3) is 0 Å². The molecule has 0 aliphatic rings. The molecule has 1 atom stereocenters. The van der Waals surface area contributed by atoms with E-state index in [0.717, 1.165) is 5.56 Å². The zero-order valence-corrected chi connectivity index (χ0v) is 14.0. The summed E-state index contributed by atoms with van der Waals surface area (Å²) in [6, 6.07) is 14.8. The smallest absolute Gasteiger partial charge is 0.260 e. The number of carbonyl (C=O) groups excluding carboxylic acids is 1.